The Kier molecular flexibility index (Phi) is 2.96. The van der Waals surface area contributed by atoms with Crippen molar-refractivity contribution in [2.75, 3.05) is 18.0 Å². The lowest BCUT2D eigenvalue weighted by Crippen LogP contribution is -2.21. The average molecular weight is 148 g/mol. The highest BCUT2D eigenvalue weighted by Crippen LogP contribution is 2.11. The Morgan fingerprint density at radius 3 is 2.18 bits per heavy atom. The number of benzene rings is 1. The van der Waals surface area contributed by atoms with Crippen molar-refractivity contribution in [2.24, 2.45) is 0 Å². The third-order valence-electron chi connectivity index (χ3n) is 1.83. The molecule has 0 unspecified atom stereocenters. The van der Waals surface area contributed by atoms with E-state index in [9.17, 15) is 0 Å². The van der Waals surface area contributed by atoms with E-state index in [-0.39, 0.29) is 0 Å². The average Bonchev–Trinajstić information content (AvgIpc) is 2.09. The van der Waals surface area contributed by atoms with Crippen LogP contribution in [0, 0.1) is 6.07 Å². The zero-order valence-electron chi connectivity index (χ0n) is 7.17. The highest BCUT2D eigenvalue weighted by Gasteiger charge is 1.97. The topological polar surface area (TPSA) is 3.24 Å². The molecule has 1 aromatic carbocycles. The number of anilines is 1. The molecule has 0 aliphatic carbocycles. The lowest BCUT2D eigenvalue weighted by molar-refractivity contribution is 0.866. The van der Waals surface area contributed by atoms with Gasteiger partial charge in [-0.05, 0) is 32.0 Å². The van der Waals surface area contributed by atoms with E-state index in [1.807, 2.05) is 12.1 Å². The molecular weight excluding hydrogens is 134 g/mol. The van der Waals surface area contributed by atoms with Crippen LogP contribution in [0.5, 0.6) is 0 Å². The third kappa shape index (κ3) is 1.97. The normalized spacial score (nSPS) is 9.64. The van der Waals surface area contributed by atoms with Gasteiger partial charge in [-0.25, -0.2) is 0 Å². The number of hydrogen-bond donors (Lipinski definition) is 0. The van der Waals surface area contributed by atoms with Crippen LogP contribution in [0.25, 0.3) is 0 Å². The van der Waals surface area contributed by atoms with Crippen molar-refractivity contribution in [3.63, 3.8) is 0 Å². The van der Waals surface area contributed by atoms with Crippen LogP contribution < -0.4 is 4.90 Å². The summed E-state index contributed by atoms with van der Waals surface area (Å²) in [7, 11) is 0. The van der Waals surface area contributed by atoms with E-state index in [2.05, 4.69) is 36.9 Å². The summed E-state index contributed by atoms with van der Waals surface area (Å²) in [5.74, 6) is 0. The fraction of sp³-hybridized carbons (Fsp3) is 0.400. The van der Waals surface area contributed by atoms with E-state index in [1.165, 1.54) is 5.69 Å². The lowest BCUT2D eigenvalue weighted by atomic mass is 10.3. The molecular formula is C10H14N. The van der Waals surface area contributed by atoms with Gasteiger partial charge in [0.1, 0.15) is 0 Å². The van der Waals surface area contributed by atoms with Gasteiger partial charge in [-0.3, -0.25) is 0 Å². The van der Waals surface area contributed by atoms with Gasteiger partial charge >= 0.3 is 0 Å². The molecule has 0 amide bonds. The molecule has 11 heavy (non-hydrogen) atoms. The Morgan fingerprint density at radius 1 is 1.18 bits per heavy atom. The van der Waals surface area contributed by atoms with E-state index in [1.54, 1.807) is 0 Å². The van der Waals surface area contributed by atoms with Gasteiger partial charge in [0.05, 0.1) is 0 Å². The minimum atomic E-state index is 1.07. The lowest BCUT2D eigenvalue weighted by Gasteiger charge is -2.20. The molecule has 0 spiro atoms. The minimum absolute atomic E-state index is 1.07. The Morgan fingerprint density at radius 2 is 1.73 bits per heavy atom. The van der Waals surface area contributed by atoms with Crippen LogP contribution in [0.4, 0.5) is 5.69 Å². The fourth-order valence-electron chi connectivity index (χ4n) is 1.18. The molecule has 0 atom stereocenters. The third-order valence-corrected chi connectivity index (χ3v) is 1.83. The van der Waals surface area contributed by atoms with E-state index in [0.717, 1.165) is 13.1 Å². The summed E-state index contributed by atoms with van der Waals surface area (Å²) in [5, 5.41) is 0. The first kappa shape index (κ1) is 8.12. The number of nitrogens with zero attached hydrogens (tertiary/aromatic N) is 1. The summed E-state index contributed by atoms with van der Waals surface area (Å²) in [6.45, 7) is 6.47. The van der Waals surface area contributed by atoms with Crippen molar-refractivity contribution in [1.29, 1.82) is 0 Å². The predicted molar refractivity (Wildman–Crippen MR) is 48.8 cm³/mol. The van der Waals surface area contributed by atoms with Crippen molar-refractivity contribution in [1.82, 2.24) is 0 Å². The molecule has 1 aromatic rings. The molecule has 0 N–H and O–H groups in total. The Hall–Kier alpha value is -0.980. The molecule has 1 nitrogen and oxygen atoms in total. The summed E-state index contributed by atoms with van der Waals surface area (Å²) in [5.41, 5.74) is 1.29. The summed E-state index contributed by atoms with van der Waals surface area (Å²) in [4.78, 5) is 2.31. The Bertz CT molecular complexity index is 189. The van der Waals surface area contributed by atoms with Crippen LogP contribution in [0.2, 0.25) is 0 Å². The molecule has 0 saturated heterocycles. The zero-order valence-corrected chi connectivity index (χ0v) is 7.17. The van der Waals surface area contributed by atoms with Crippen molar-refractivity contribution in [2.45, 2.75) is 13.8 Å². The smallest absolute Gasteiger partial charge is 0.0366 e. The second-order valence-corrected chi connectivity index (χ2v) is 2.43. The van der Waals surface area contributed by atoms with Crippen molar-refractivity contribution in [3.05, 3.63) is 30.3 Å². The summed E-state index contributed by atoms with van der Waals surface area (Å²) >= 11 is 0. The molecule has 1 heteroatoms. The van der Waals surface area contributed by atoms with Gasteiger partial charge in [-0.1, -0.05) is 12.1 Å². The molecule has 0 saturated carbocycles. The molecule has 0 aromatic heterocycles. The Balaban J connectivity index is 2.74. The first-order chi connectivity index (χ1) is 5.38. The highest BCUT2D eigenvalue weighted by molar-refractivity contribution is 5.45. The van der Waals surface area contributed by atoms with E-state index in [4.69, 9.17) is 0 Å². The molecule has 1 rings (SSSR count). The van der Waals surface area contributed by atoms with Crippen LogP contribution in [0.1, 0.15) is 13.8 Å². The highest BCUT2D eigenvalue weighted by atomic mass is 15.1. The number of rotatable bonds is 3. The predicted octanol–water partition coefficient (Wildman–Crippen LogP) is 2.33. The molecule has 0 heterocycles. The van der Waals surface area contributed by atoms with Gasteiger partial charge in [0, 0.05) is 18.8 Å². The van der Waals surface area contributed by atoms with Gasteiger partial charge in [-0.15, -0.1) is 0 Å². The van der Waals surface area contributed by atoms with Crippen molar-refractivity contribution < 1.29 is 0 Å². The largest absolute Gasteiger partial charge is 0.372 e. The van der Waals surface area contributed by atoms with Crippen LogP contribution in [-0.4, -0.2) is 13.1 Å². The van der Waals surface area contributed by atoms with Crippen molar-refractivity contribution in [3.8, 4) is 0 Å². The van der Waals surface area contributed by atoms with Crippen LogP contribution in [0.15, 0.2) is 24.3 Å². The molecule has 0 bridgehead atoms. The first-order valence-corrected chi connectivity index (χ1v) is 4.09. The first-order valence-electron chi connectivity index (χ1n) is 4.09. The standard InChI is InChI=1S/C10H14N/c1-3-11(4-2)10-8-6-5-7-9-10/h6-9H,3-4H2,1-2H3. The monoisotopic (exact) mass is 148 g/mol. The van der Waals surface area contributed by atoms with Crippen LogP contribution >= 0.6 is 0 Å². The maximum atomic E-state index is 3.01. The van der Waals surface area contributed by atoms with Gasteiger partial charge < -0.3 is 4.90 Å². The SMILES string of the molecule is CCN(CC)c1cc[c]cc1. The molecule has 59 valence electrons. The van der Waals surface area contributed by atoms with E-state index >= 15 is 0 Å². The van der Waals surface area contributed by atoms with E-state index < -0.39 is 0 Å². The Labute approximate surface area is 68.7 Å². The maximum Gasteiger partial charge on any atom is 0.0366 e. The number of hydrogen-bond acceptors (Lipinski definition) is 1. The summed E-state index contributed by atoms with van der Waals surface area (Å²) in [6, 6.07) is 11.1. The van der Waals surface area contributed by atoms with Gasteiger partial charge in [0.2, 0.25) is 0 Å². The molecule has 0 fully saturated rings. The second-order valence-electron chi connectivity index (χ2n) is 2.43. The van der Waals surface area contributed by atoms with Gasteiger partial charge in [0.15, 0.2) is 0 Å². The van der Waals surface area contributed by atoms with Crippen LogP contribution in [-0.2, 0) is 0 Å². The molecule has 0 aliphatic rings. The summed E-state index contributed by atoms with van der Waals surface area (Å²) < 4.78 is 0. The van der Waals surface area contributed by atoms with Gasteiger partial charge in [-0.2, -0.15) is 0 Å². The quantitative estimate of drug-likeness (QED) is 0.636. The maximum absolute atomic E-state index is 3.01. The summed E-state index contributed by atoms with van der Waals surface area (Å²) in [6.07, 6.45) is 0. The second kappa shape index (κ2) is 4.02. The van der Waals surface area contributed by atoms with Crippen LogP contribution in [0.3, 0.4) is 0 Å². The fourth-order valence-corrected chi connectivity index (χ4v) is 1.18. The van der Waals surface area contributed by atoms with Gasteiger partial charge in [0.25, 0.3) is 0 Å². The van der Waals surface area contributed by atoms with Crippen molar-refractivity contribution >= 4 is 5.69 Å². The molecule has 1 radical (unpaired) electrons. The minimum Gasteiger partial charge on any atom is -0.372 e. The van der Waals surface area contributed by atoms with E-state index in [0.29, 0.717) is 0 Å². The zero-order chi connectivity index (χ0) is 8.10. The molecule has 0 aliphatic heterocycles.